The summed E-state index contributed by atoms with van der Waals surface area (Å²) in [6, 6.07) is 8.90. The molecule has 0 amide bonds. The van der Waals surface area contributed by atoms with Gasteiger partial charge in [0, 0.05) is 25.1 Å². The molecule has 0 spiro atoms. The van der Waals surface area contributed by atoms with Crippen molar-refractivity contribution in [3.63, 3.8) is 0 Å². The van der Waals surface area contributed by atoms with Crippen LogP contribution in [0.3, 0.4) is 0 Å². The molecule has 1 N–H and O–H groups in total. The van der Waals surface area contributed by atoms with E-state index in [0.29, 0.717) is 10.7 Å². The van der Waals surface area contributed by atoms with Crippen molar-refractivity contribution >= 4 is 10.0 Å². The van der Waals surface area contributed by atoms with Crippen molar-refractivity contribution in [2.24, 2.45) is 0 Å². The molecule has 1 aromatic carbocycles. The minimum atomic E-state index is -3.56. The molecule has 2 heterocycles. The molecule has 0 bridgehead atoms. The number of hydrogen-bond donors (Lipinski definition) is 1. The van der Waals surface area contributed by atoms with Gasteiger partial charge < -0.3 is 0 Å². The summed E-state index contributed by atoms with van der Waals surface area (Å²) in [7, 11) is -3.56. The van der Waals surface area contributed by atoms with E-state index in [2.05, 4.69) is 14.7 Å². The number of pyridine rings is 1. The normalized spacial score (nSPS) is 11.6. The zero-order valence-corrected chi connectivity index (χ0v) is 14.3. The van der Waals surface area contributed by atoms with Crippen LogP contribution in [-0.2, 0) is 16.6 Å². The summed E-state index contributed by atoms with van der Waals surface area (Å²) in [5.74, 6) is 0.690. The van der Waals surface area contributed by atoms with Crippen LogP contribution < -0.4 is 4.72 Å². The molecule has 0 radical (unpaired) electrons. The van der Waals surface area contributed by atoms with Crippen LogP contribution in [0.25, 0.3) is 5.82 Å². The molecule has 0 atom stereocenters. The molecule has 0 saturated carbocycles. The molecule has 3 aromatic rings. The maximum absolute atomic E-state index is 12.5. The Morgan fingerprint density at radius 2 is 1.96 bits per heavy atom. The predicted octanol–water partition coefficient (Wildman–Crippen LogP) is 2.36. The maximum atomic E-state index is 12.5. The fraction of sp³-hybridized carbons (Fsp3) is 0.176. The number of imidazole rings is 1. The molecule has 0 fully saturated rings. The van der Waals surface area contributed by atoms with Crippen molar-refractivity contribution in [1.82, 2.24) is 19.3 Å². The number of nitrogens with zero attached hydrogens (tertiary/aromatic N) is 3. The van der Waals surface area contributed by atoms with Crippen LogP contribution in [-0.4, -0.2) is 23.0 Å². The molecule has 6 nitrogen and oxygen atoms in total. The highest BCUT2D eigenvalue weighted by molar-refractivity contribution is 7.89. The van der Waals surface area contributed by atoms with Gasteiger partial charge in [-0.25, -0.2) is 23.1 Å². The van der Waals surface area contributed by atoms with Crippen LogP contribution in [0.15, 0.2) is 60.1 Å². The Bertz CT molecular complexity index is 950. The number of rotatable bonds is 5. The van der Waals surface area contributed by atoms with Crippen LogP contribution in [0, 0.1) is 13.8 Å². The fourth-order valence-corrected chi connectivity index (χ4v) is 3.71. The van der Waals surface area contributed by atoms with Gasteiger partial charge in [-0.2, -0.15) is 0 Å². The number of aryl methyl sites for hydroxylation is 2. The Kier molecular flexibility index (Phi) is 4.46. The van der Waals surface area contributed by atoms with Crippen molar-refractivity contribution in [3.05, 3.63) is 71.9 Å². The van der Waals surface area contributed by atoms with Gasteiger partial charge in [-0.1, -0.05) is 17.7 Å². The Hall–Kier alpha value is -2.51. The molecule has 2 aromatic heterocycles. The number of aromatic nitrogens is 3. The number of sulfonamides is 1. The van der Waals surface area contributed by atoms with Crippen molar-refractivity contribution in [2.45, 2.75) is 25.3 Å². The van der Waals surface area contributed by atoms with Gasteiger partial charge in [0.05, 0.1) is 4.90 Å². The van der Waals surface area contributed by atoms with Crippen LogP contribution >= 0.6 is 0 Å². The zero-order valence-electron chi connectivity index (χ0n) is 13.5. The molecule has 0 aliphatic carbocycles. The van der Waals surface area contributed by atoms with Crippen LogP contribution in [0.1, 0.15) is 16.7 Å². The molecule has 0 unspecified atom stereocenters. The first-order valence-corrected chi connectivity index (χ1v) is 8.94. The molecule has 0 aliphatic heterocycles. The first-order valence-electron chi connectivity index (χ1n) is 7.46. The Balaban J connectivity index is 1.79. The summed E-state index contributed by atoms with van der Waals surface area (Å²) in [4.78, 5) is 8.54. The second-order valence-corrected chi connectivity index (χ2v) is 7.32. The minimum absolute atomic E-state index is 0.194. The SMILES string of the molecule is Cc1ccc(S(=O)(=O)NCc2ccnc(-n3ccnc3)c2)c(C)c1. The van der Waals surface area contributed by atoms with E-state index in [-0.39, 0.29) is 6.54 Å². The Morgan fingerprint density at radius 3 is 2.67 bits per heavy atom. The van der Waals surface area contributed by atoms with E-state index in [9.17, 15) is 8.42 Å². The highest BCUT2D eigenvalue weighted by Crippen LogP contribution is 2.17. The third kappa shape index (κ3) is 3.52. The average Bonchev–Trinajstić information content (AvgIpc) is 3.07. The van der Waals surface area contributed by atoms with Crippen LogP contribution in [0.2, 0.25) is 0 Å². The van der Waals surface area contributed by atoms with Crippen LogP contribution in [0.5, 0.6) is 0 Å². The lowest BCUT2D eigenvalue weighted by Crippen LogP contribution is -2.24. The summed E-state index contributed by atoms with van der Waals surface area (Å²) in [5.41, 5.74) is 2.59. The smallest absolute Gasteiger partial charge is 0.241 e. The topological polar surface area (TPSA) is 76.9 Å². The Morgan fingerprint density at radius 1 is 1.12 bits per heavy atom. The molecular weight excluding hydrogens is 324 g/mol. The van der Waals surface area contributed by atoms with Gasteiger partial charge in [-0.3, -0.25) is 4.57 Å². The molecule has 124 valence electrons. The highest BCUT2D eigenvalue weighted by atomic mass is 32.2. The quantitative estimate of drug-likeness (QED) is 0.772. The van der Waals surface area contributed by atoms with E-state index in [1.165, 1.54) is 0 Å². The number of nitrogens with one attached hydrogen (secondary N) is 1. The summed E-state index contributed by atoms with van der Waals surface area (Å²) in [6.45, 7) is 3.93. The van der Waals surface area contributed by atoms with E-state index in [4.69, 9.17) is 0 Å². The number of hydrogen-bond acceptors (Lipinski definition) is 4. The van der Waals surface area contributed by atoms with Gasteiger partial charge in [0.1, 0.15) is 12.1 Å². The van der Waals surface area contributed by atoms with Gasteiger partial charge in [0.2, 0.25) is 10.0 Å². The van der Waals surface area contributed by atoms with Crippen molar-refractivity contribution in [3.8, 4) is 5.82 Å². The molecule has 3 rings (SSSR count). The summed E-state index contributed by atoms with van der Waals surface area (Å²) < 4.78 is 29.4. The van der Waals surface area contributed by atoms with Crippen molar-refractivity contribution < 1.29 is 8.42 Å². The number of benzene rings is 1. The summed E-state index contributed by atoms with van der Waals surface area (Å²) in [6.07, 6.45) is 6.74. The van der Waals surface area contributed by atoms with Gasteiger partial charge in [-0.15, -0.1) is 0 Å². The maximum Gasteiger partial charge on any atom is 0.241 e. The molecule has 0 saturated heterocycles. The summed E-state index contributed by atoms with van der Waals surface area (Å²) >= 11 is 0. The van der Waals surface area contributed by atoms with Gasteiger partial charge in [-0.05, 0) is 43.2 Å². The average molecular weight is 342 g/mol. The molecule has 7 heteroatoms. The Labute approximate surface area is 141 Å². The minimum Gasteiger partial charge on any atom is -0.291 e. The first kappa shape index (κ1) is 16.4. The lowest BCUT2D eigenvalue weighted by atomic mass is 10.2. The fourth-order valence-electron chi connectivity index (χ4n) is 2.46. The molecule has 0 aliphatic rings. The molecular formula is C17H18N4O2S. The monoisotopic (exact) mass is 342 g/mol. The van der Waals surface area contributed by atoms with E-state index in [1.807, 2.05) is 19.1 Å². The summed E-state index contributed by atoms with van der Waals surface area (Å²) in [5, 5.41) is 0. The van der Waals surface area contributed by atoms with E-state index in [1.54, 1.807) is 54.6 Å². The third-order valence-electron chi connectivity index (χ3n) is 3.67. The van der Waals surface area contributed by atoms with Gasteiger partial charge >= 0.3 is 0 Å². The predicted molar refractivity (Wildman–Crippen MR) is 91.3 cm³/mol. The largest absolute Gasteiger partial charge is 0.291 e. The standard InChI is InChI=1S/C17H18N4O2S/c1-13-3-4-16(14(2)9-13)24(22,23)20-11-15-5-6-19-17(10-15)21-8-7-18-12-21/h3-10,12,20H,11H2,1-2H3. The van der Waals surface area contributed by atoms with E-state index >= 15 is 0 Å². The zero-order chi connectivity index (χ0) is 17.2. The lowest BCUT2D eigenvalue weighted by Gasteiger charge is -2.10. The third-order valence-corrected chi connectivity index (χ3v) is 5.23. The van der Waals surface area contributed by atoms with Crippen molar-refractivity contribution in [2.75, 3.05) is 0 Å². The van der Waals surface area contributed by atoms with Crippen molar-refractivity contribution in [1.29, 1.82) is 0 Å². The first-order chi connectivity index (χ1) is 11.5. The van der Waals surface area contributed by atoms with E-state index in [0.717, 1.165) is 16.7 Å². The second-order valence-electron chi connectivity index (χ2n) is 5.59. The highest BCUT2D eigenvalue weighted by Gasteiger charge is 2.16. The van der Waals surface area contributed by atoms with Crippen LogP contribution in [0.4, 0.5) is 0 Å². The van der Waals surface area contributed by atoms with E-state index < -0.39 is 10.0 Å². The van der Waals surface area contributed by atoms with Gasteiger partial charge in [0.15, 0.2) is 0 Å². The second kappa shape index (κ2) is 6.54. The lowest BCUT2D eigenvalue weighted by molar-refractivity contribution is 0.580. The molecule has 24 heavy (non-hydrogen) atoms. The van der Waals surface area contributed by atoms with Gasteiger partial charge in [0.25, 0.3) is 0 Å².